The average molecular weight is 569 g/mol. The van der Waals surface area contributed by atoms with E-state index in [0.29, 0.717) is 17.2 Å². The summed E-state index contributed by atoms with van der Waals surface area (Å²) in [5.41, 5.74) is 3.60. The van der Waals surface area contributed by atoms with Crippen LogP contribution in [0, 0.1) is 6.92 Å². The number of sulfonamides is 1. The van der Waals surface area contributed by atoms with Crippen molar-refractivity contribution in [2.75, 3.05) is 13.7 Å². The van der Waals surface area contributed by atoms with E-state index in [0.717, 1.165) is 40.0 Å². The van der Waals surface area contributed by atoms with Crippen molar-refractivity contribution in [3.8, 4) is 5.75 Å². The number of carbonyl (C=O) groups is 2. The number of ether oxygens (including phenoxy) is 2. The number of amides is 1. The molecule has 1 aromatic heterocycles. The number of esters is 1. The highest BCUT2D eigenvalue weighted by atomic mass is 32.2. The number of para-hydroxylation sites is 1. The predicted molar refractivity (Wildman–Crippen MR) is 149 cm³/mol. The van der Waals surface area contributed by atoms with Crippen LogP contribution in [0.25, 0.3) is 0 Å². The smallest absolute Gasteiger partial charge is 0.306 e. The van der Waals surface area contributed by atoms with Crippen LogP contribution in [0.1, 0.15) is 68.9 Å². The number of aryl methyl sites for hydroxylation is 1. The van der Waals surface area contributed by atoms with Gasteiger partial charge in [-0.25, -0.2) is 8.42 Å². The number of rotatable bonds is 8. The zero-order valence-electron chi connectivity index (χ0n) is 22.2. The molecule has 2 aliphatic rings. The monoisotopic (exact) mass is 568 g/mol. The van der Waals surface area contributed by atoms with Gasteiger partial charge in [0.15, 0.2) is 0 Å². The molecule has 2 aliphatic heterocycles. The Balaban J connectivity index is 1.52. The minimum atomic E-state index is -3.81. The average Bonchev–Trinajstić information content (AvgIpc) is 3.47. The van der Waals surface area contributed by atoms with Gasteiger partial charge in [0.1, 0.15) is 16.7 Å². The quantitative estimate of drug-likeness (QED) is 0.394. The standard InChI is InChI=1S/C29H32N2O6S2/c1-4-7-22-17-31(39(34,35)26-9-6-5-8-24(26)37-22)16-21-12-19(11-10-18(21)2)23(14-27(32)36-3)25-13-20-15-30-29(33)28(20)38-25/h5-6,8-13,22-23H,4,7,14-17H2,1-3H3,(H,30,33)/t22-,23?/m1/s1. The number of hydrogen-bond acceptors (Lipinski definition) is 7. The molecule has 8 nitrogen and oxygen atoms in total. The van der Waals surface area contributed by atoms with E-state index in [1.54, 1.807) is 24.3 Å². The summed E-state index contributed by atoms with van der Waals surface area (Å²) >= 11 is 1.39. The third-order valence-corrected chi connectivity index (χ3v) is 10.5. The van der Waals surface area contributed by atoms with Crippen molar-refractivity contribution < 1.29 is 27.5 Å². The van der Waals surface area contributed by atoms with E-state index in [-0.39, 0.29) is 48.3 Å². The molecule has 0 aliphatic carbocycles. The number of nitrogens with zero attached hydrogens (tertiary/aromatic N) is 1. The molecule has 0 saturated heterocycles. The summed E-state index contributed by atoms with van der Waals surface area (Å²) in [6, 6.07) is 14.7. The Hall–Kier alpha value is -3.21. The molecule has 5 rings (SSSR count). The topological polar surface area (TPSA) is 102 Å². The van der Waals surface area contributed by atoms with Crippen LogP contribution in [-0.2, 0) is 32.6 Å². The summed E-state index contributed by atoms with van der Waals surface area (Å²) in [5.74, 6) is -0.390. The zero-order valence-corrected chi connectivity index (χ0v) is 23.9. The molecule has 0 radical (unpaired) electrons. The van der Waals surface area contributed by atoms with Gasteiger partial charge in [-0.05, 0) is 53.8 Å². The summed E-state index contributed by atoms with van der Waals surface area (Å²) in [4.78, 5) is 26.4. The molecule has 0 bridgehead atoms. The molecule has 0 spiro atoms. The molecule has 3 heterocycles. The van der Waals surface area contributed by atoms with Gasteiger partial charge in [0.05, 0.1) is 25.0 Å². The Morgan fingerprint density at radius 2 is 2.03 bits per heavy atom. The van der Waals surface area contributed by atoms with Crippen LogP contribution in [0.4, 0.5) is 0 Å². The van der Waals surface area contributed by atoms with Crippen LogP contribution in [0.15, 0.2) is 53.4 Å². The van der Waals surface area contributed by atoms with Crippen LogP contribution >= 0.6 is 11.3 Å². The largest absolute Gasteiger partial charge is 0.488 e. The van der Waals surface area contributed by atoms with Crippen LogP contribution in [0.2, 0.25) is 0 Å². The molecule has 1 amide bonds. The zero-order chi connectivity index (χ0) is 27.7. The van der Waals surface area contributed by atoms with Crippen molar-refractivity contribution in [1.29, 1.82) is 0 Å². The van der Waals surface area contributed by atoms with Gasteiger partial charge in [0.25, 0.3) is 5.91 Å². The third-order valence-electron chi connectivity index (χ3n) is 7.32. The maximum Gasteiger partial charge on any atom is 0.306 e. The van der Waals surface area contributed by atoms with Gasteiger partial charge >= 0.3 is 5.97 Å². The molecule has 3 aromatic rings. The summed E-state index contributed by atoms with van der Waals surface area (Å²) in [7, 11) is -2.45. The first-order chi connectivity index (χ1) is 18.7. The highest BCUT2D eigenvalue weighted by Gasteiger charge is 2.35. The lowest BCUT2D eigenvalue weighted by atomic mass is 9.91. The first-order valence-corrected chi connectivity index (χ1v) is 15.3. The number of carbonyl (C=O) groups excluding carboxylic acids is 2. The van der Waals surface area contributed by atoms with Crippen LogP contribution in [-0.4, -0.2) is 44.4 Å². The van der Waals surface area contributed by atoms with E-state index >= 15 is 0 Å². The Kier molecular flexibility index (Phi) is 7.80. The van der Waals surface area contributed by atoms with Crippen molar-refractivity contribution in [1.82, 2.24) is 9.62 Å². The Bertz CT molecular complexity index is 1510. The minimum Gasteiger partial charge on any atom is -0.488 e. The van der Waals surface area contributed by atoms with Crippen LogP contribution in [0.5, 0.6) is 5.75 Å². The van der Waals surface area contributed by atoms with Crippen LogP contribution < -0.4 is 10.1 Å². The van der Waals surface area contributed by atoms with Gasteiger partial charge in [-0.15, -0.1) is 11.3 Å². The van der Waals surface area contributed by atoms with Gasteiger partial charge in [0, 0.05) is 23.9 Å². The van der Waals surface area contributed by atoms with Crippen molar-refractivity contribution >= 4 is 33.2 Å². The van der Waals surface area contributed by atoms with Crippen LogP contribution in [0.3, 0.4) is 0 Å². The number of methoxy groups -OCH3 is 1. The number of thiophene rings is 1. The summed E-state index contributed by atoms with van der Waals surface area (Å²) in [5, 5.41) is 2.82. The molecular formula is C29H32N2O6S2. The number of hydrogen-bond donors (Lipinski definition) is 1. The first kappa shape index (κ1) is 27.4. The summed E-state index contributed by atoms with van der Waals surface area (Å²) in [6.45, 7) is 4.90. The second kappa shape index (κ2) is 11.1. The van der Waals surface area contributed by atoms with Gasteiger partial charge in [-0.3, -0.25) is 9.59 Å². The summed E-state index contributed by atoms with van der Waals surface area (Å²) < 4.78 is 40.2. The van der Waals surface area contributed by atoms with E-state index in [2.05, 4.69) is 12.2 Å². The first-order valence-electron chi connectivity index (χ1n) is 13.0. The van der Waals surface area contributed by atoms with Gasteiger partial charge in [0.2, 0.25) is 10.0 Å². The fourth-order valence-corrected chi connectivity index (χ4v) is 7.96. The number of fused-ring (bicyclic) bond motifs is 2. The Morgan fingerprint density at radius 3 is 2.77 bits per heavy atom. The lowest BCUT2D eigenvalue weighted by molar-refractivity contribution is -0.140. The highest BCUT2D eigenvalue weighted by molar-refractivity contribution is 7.89. The molecule has 10 heteroatoms. The highest BCUT2D eigenvalue weighted by Crippen LogP contribution is 2.38. The molecular weight excluding hydrogens is 536 g/mol. The summed E-state index contributed by atoms with van der Waals surface area (Å²) in [6.07, 6.45) is 1.45. The Morgan fingerprint density at radius 1 is 1.23 bits per heavy atom. The third kappa shape index (κ3) is 5.46. The normalized spacial score (nSPS) is 18.8. The van der Waals surface area contributed by atoms with E-state index < -0.39 is 10.0 Å². The molecule has 206 valence electrons. The molecule has 2 aromatic carbocycles. The fourth-order valence-electron chi connectivity index (χ4n) is 5.17. The molecule has 0 saturated carbocycles. The van der Waals surface area contributed by atoms with Gasteiger partial charge in [-0.1, -0.05) is 43.7 Å². The van der Waals surface area contributed by atoms with E-state index in [9.17, 15) is 18.0 Å². The van der Waals surface area contributed by atoms with E-state index in [1.165, 1.54) is 22.8 Å². The SMILES string of the molecule is CCC[C@@H]1CN(Cc2cc(C(CC(=O)OC)c3cc4c(s3)C(=O)NC4)ccc2C)S(=O)(=O)c2ccccc2O1. The van der Waals surface area contributed by atoms with Crippen molar-refractivity contribution in [3.63, 3.8) is 0 Å². The lowest BCUT2D eigenvalue weighted by Crippen LogP contribution is -2.36. The van der Waals surface area contributed by atoms with Crippen molar-refractivity contribution in [3.05, 3.63) is 80.5 Å². The number of benzene rings is 2. The fraction of sp³-hybridized carbons (Fsp3) is 0.379. The maximum atomic E-state index is 13.8. The molecule has 39 heavy (non-hydrogen) atoms. The minimum absolute atomic E-state index is 0.0989. The second-order valence-electron chi connectivity index (χ2n) is 9.98. The number of nitrogens with one attached hydrogen (secondary N) is 1. The van der Waals surface area contributed by atoms with Crippen molar-refractivity contribution in [2.24, 2.45) is 0 Å². The predicted octanol–water partition coefficient (Wildman–Crippen LogP) is 4.75. The lowest BCUT2D eigenvalue weighted by Gasteiger charge is -2.24. The molecule has 0 fully saturated rings. The van der Waals surface area contributed by atoms with E-state index in [1.807, 2.05) is 31.2 Å². The molecule has 1 unspecified atom stereocenters. The van der Waals surface area contributed by atoms with Gasteiger partial charge < -0.3 is 14.8 Å². The van der Waals surface area contributed by atoms with Crippen molar-refractivity contribution in [2.45, 2.75) is 63.1 Å². The second-order valence-corrected chi connectivity index (χ2v) is 13.0. The van der Waals surface area contributed by atoms with E-state index in [4.69, 9.17) is 9.47 Å². The molecule has 2 atom stereocenters. The Labute approximate surface area is 233 Å². The molecule has 1 N–H and O–H groups in total. The maximum absolute atomic E-state index is 13.8. The van der Waals surface area contributed by atoms with Gasteiger partial charge in [-0.2, -0.15) is 4.31 Å².